The van der Waals surface area contributed by atoms with Crippen molar-refractivity contribution >= 4 is 5.78 Å². The molecule has 0 spiro atoms. The van der Waals surface area contributed by atoms with E-state index in [1.807, 2.05) is 27.7 Å². The molecule has 5 nitrogen and oxygen atoms in total. The SMILES string of the molecule is CCOC(C)OC[C@H]1CC(=O)[C@@H]2[C@@H]3C=C[C@@H](C3)[C@]12COC(C)OCC. The Morgan fingerprint density at radius 2 is 1.76 bits per heavy atom. The molecule has 0 radical (unpaired) electrons. The Bertz CT molecular complexity index is 504. The van der Waals surface area contributed by atoms with Crippen molar-refractivity contribution in [3.8, 4) is 0 Å². The van der Waals surface area contributed by atoms with Crippen LogP contribution in [0.1, 0.15) is 40.5 Å². The molecule has 0 saturated heterocycles. The van der Waals surface area contributed by atoms with Crippen molar-refractivity contribution in [2.24, 2.45) is 29.1 Å². The van der Waals surface area contributed by atoms with Gasteiger partial charge in [0.2, 0.25) is 0 Å². The van der Waals surface area contributed by atoms with Crippen molar-refractivity contribution < 1.29 is 23.7 Å². The summed E-state index contributed by atoms with van der Waals surface area (Å²) in [6.07, 6.45) is 5.71. The van der Waals surface area contributed by atoms with Gasteiger partial charge in [-0.3, -0.25) is 4.79 Å². The number of carbonyl (C=O) groups is 1. The maximum Gasteiger partial charge on any atom is 0.154 e. The van der Waals surface area contributed by atoms with Crippen molar-refractivity contribution in [1.82, 2.24) is 0 Å². The fourth-order valence-electron chi connectivity index (χ4n) is 5.26. The molecular weight excluding hydrogens is 320 g/mol. The average Bonchev–Trinajstić information content (AvgIpc) is 3.23. The van der Waals surface area contributed by atoms with E-state index in [0.29, 0.717) is 50.5 Å². The largest absolute Gasteiger partial charge is 0.353 e. The maximum atomic E-state index is 12.8. The first-order valence-corrected chi connectivity index (χ1v) is 9.70. The fourth-order valence-corrected chi connectivity index (χ4v) is 5.26. The van der Waals surface area contributed by atoms with Crippen LogP contribution >= 0.6 is 0 Å². The molecule has 0 aliphatic heterocycles. The Labute approximate surface area is 151 Å². The van der Waals surface area contributed by atoms with Gasteiger partial charge in [-0.1, -0.05) is 12.2 Å². The van der Waals surface area contributed by atoms with Crippen LogP contribution in [0, 0.1) is 29.1 Å². The number of hydrogen-bond donors (Lipinski definition) is 0. The van der Waals surface area contributed by atoms with Gasteiger partial charge in [0.05, 0.1) is 13.2 Å². The lowest BCUT2D eigenvalue weighted by atomic mass is 9.66. The van der Waals surface area contributed by atoms with Crippen LogP contribution < -0.4 is 0 Å². The molecule has 2 bridgehead atoms. The van der Waals surface area contributed by atoms with Crippen LogP contribution in [-0.2, 0) is 23.7 Å². The van der Waals surface area contributed by atoms with E-state index in [2.05, 4.69) is 12.2 Å². The quantitative estimate of drug-likeness (QED) is 0.446. The molecule has 0 aromatic rings. The van der Waals surface area contributed by atoms with Gasteiger partial charge in [-0.25, -0.2) is 0 Å². The molecule has 3 rings (SSSR count). The Kier molecular flexibility index (Phi) is 5.99. The minimum Gasteiger partial charge on any atom is -0.353 e. The van der Waals surface area contributed by atoms with Crippen molar-refractivity contribution in [2.75, 3.05) is 26.4 Å². The third-order valence-corrected chi connectivity index (χ3v) is 6.27. The lowest BCUT2D eigenvalue weighted by molar-refractivity contribution is -0.177. The first-order chi connectivity index (χ1) is 12.0. The highest BCUT2D eigenvalue weighted by molar-refractivity contribution is 5.86. The van der Waals surface area contributed by atoms with E-state index in [-0.39, 0.29) is 29.8 Å². The summed E-state index contributed by atoms with van der Waals surface area (Å²) in [4.78, 5) is 12.8. The molecule has 5 heteroatoms. The van der Waals surface area contributed by atoms with E-state index in [9.17, 15) is 4.79 Å². The molecule has 0 amide bonds. The molecule has 0 heterocycles. The number of carbonyl (C=O) groups excluding carboxylic acids is 1. The predicted molar refractivity (Wildman–Crippen MR) is 93.9 cm³/mol. The number of rotatable bonds is 10. The Morgan fingerprint density at radius 1 is 1.08 bits per heavy atom. The van der Waals surface area contributed by atoms with Crippen molar-refractivity contribution in [1.29, 1.82) is 0 Å². The number of allylic oxidation sites excluding steroid dienone is 2. The molecule has 3 aliphatic rings. The minimum atomic E-state index is -0.247. The number of Topliss-reactive ketones (excluding diaryl/α,β-unsaturated/α-hetero) is 1. The highest BCUT2D eigenvalue weighted by atomic mass is 16.7. The van der Waals surface area contributed by atoms with Gasteiger partial charge >= 0.3 is 0 Å². The summed E-state index contributed by atoms with van der Waals surface area (Å²) in [5.41, 5.74) is -0.145. The van der Waals surface area contributed by atoms with Gasteiger partial charge in [0.25, 0.3) is 0 Å². The summed E-state index contributed by atoms with van der Waals surface area (Å²) >= 11 is 0. The number of fused-ring (bicyclic) bond motifs is 5. The first-order valence-electron chi connectivity index (χ1n) is 9.70. The Morgan fingerprint density at radius 3 is 2.44 bits per heavy atom. The Balaban J connectivity index is 1.74. The minimum absolute atomic E-state index is 0.0762. The molecule has 2 fully saturated rings. The number of hydrogen-bond acceptors (Lipinski definition) is 5. The summed E-state index contributed by atoms with van der Waals surface area (Å²) in [6, 6.07) is 0. The molecule has 0 aromatic carbocycles. The third kappa shape index (κ3) is 3.44. The second kappa shape index (κ2) is 7.87. The average molecular weight is 352 g/mol. The second-order valence-electron chi connectivity index (χ2n) is 7.54. The van der Waals surface area contributed by atoms with E-state index in [0.717, 1.165) is 6.42 Å². The topological polar surface area (TPSA) is 54.0 Å². The third-order valence-electron chi connectivity index (χ3n) is 6.27. The molecule has 3 aliphatic carbocycles. The van der Waals surface area contributed by atoms with Crippen LogP contribution in [-0.4, -0.2) is 44.8 Å². The van der Waals surface area contributed by atoms with Crippen molar-refractivity contribution in [3.63, 3.8) is 0 Å². The number of ketones is 1. The smallest absolute Gasteiger partial charge is 0.154 e. The van der Waals surface area contributed by atoms with Crippen LogP contribution in [0.25, 0.3) is 0 Å². The van der Waals surface area contributed by atoms with Gasteiger partial charge in [0, 0.05) is 31.0 Å². The lowest BCUT2D eigenvalue weighted by Gasteiger charge is -2.41. The lowest BCUT2D eigenvalue weighted by Crippen LogP contribution is -2.44. The van der Waals surface area contributed by atoms with Gasteiger partial charge in [0.1, 0.15) is 5.78 Å². The van der Waals surface area contributed by atoms with Crippen LogP contribution in [0.5, 0.6) is 0 Å². The molecule has 142 valence electrons. The van der Waals surface area contributed by atoms with Crippen LogP contribution in [0.2, 0.25) is 0 Å². The molecule has 7 atom stereocenters. The molecule has 25 heavy (non-hydrogen) atoms. The van der Waals surface area contributed by atoms with Crippen LogP contribution in [0.15, 0.2) is 12.2 Å². The van der Waals surface area contributed by atoms with E-state index in [1.165, 1.54) is 0 Å². The summed E-state index contributed by atoms with van der Waals surface area (Å²) in [7, 11) is 0. The fraction of sp³-hybridized carbons (Fsp3) is 0.850. The summed E-state index contributed by atoms with van der Waals surface area (Å²) in [6.45, 7) is 10.1. The van der Waals surface area contributed by atoms with Gasteiger partial charge in [-0.2, -0.15) is 0 Å². The first kappa shape index (κ1) is 19.0. The van der Waals surface area contributed by atoms with Gasteiger partial charge in [0.15, 0.2) is 12.6 Å². The van der Waals surface area contributed by atoms with Crippen molar-refractivity contribution in [2.45, 2.75) is 53.1 Å². The van der Waals surface area contributed by atoms with Gasteiger partial charge in [-0.05, 0) is 51.9 Å². The zero-order chi connectivity index (χ0) is 18.0. The van der Waals surface area contributed by atoms with E-state index >= 15 is 0 Å². The second-order valence-corrected chi connectivity index (χ2v) is 7.54. The maximum absolute atomic E-state index is 12.8. The van der Waals surface area contributed by atoms with Gasteiger partial charge < -0.3 is 18.9 Å². The van der Waals surface area contributed by atoms with Gasteiger partial charge in [-0.15, -0.1) is 0 Å². The Hall–Kier alpha value is -0.750. The van der Waals surface area contributed by atoms with Crippen LogP contribution in [0.3, 0.4) is 0 Å². The van der Waals surface area contributed by atoms with Crippen LogP contribution in [0.4, 0.5) is 0 Å². The zero-order valence-corrected chi connectivity index (χ0v) is 15.9. The standard InChI is InChI=1S/C20H32O5/c1-5-22-13(3)24-11-17-10-18(21)19-15-7-8-16(9-15)20(17,19)12-25-14(4)23-6-2/h7-8,13-17,19H,5-6,9-12H2,1-4H3/t13?,14?,15-,16+,17-,19+,20-/m1/s1. The molecule has 0 aromatic heterocycles. The zero-order valence-electron chi connectivity index (χ0n) is 15.9. The normalized spacial score (nSPS) is 38.3. The molecule has 2 unspecified atom stereocenters. The monoisotopic (exact) mass is 352 g/mol. The molecule has 0 N–H and O–H groups in total. The highest BCUT2D eigenvalue weighted by Gasteiger charge is 2.66. The van der Waals surface area contributed by atoms with Crippen molar-refractivity contribution in [3.05, 3.63) is 12.2 Å². The summed E-state index contributed by atoms with van der Waals surface area (Å²) < 4.78 is 23.0. The summed E-state index contributed by atoms with van der Waals surface area (Å²) in [5.74, 6) is 1.41. The molecule has 2 saturated carbocycles. The van der Waals surface area contributed by atoms with E-state index in [1.54, 1.807) is 0 Å². The highest BCUT2D eigenvalue weighted by Crippen LogP contribution is 2.64. The summed E-state index contributed by atoms with van der Waals surface area (Å²) in [5, 5.41) is 0. The molecular formula is C20H32O5. The number of ether oxygens (including phenoxy) is 4. The predicted octanol–water partition coefficient (Wildman–Crippen LogP) is 3.18. The van der Waals surface area contributed by atoms with E-state index < -0.39 is 0 Å². The van der Waals surface area contributed by atoms with E-state index in [4.69, 9.17) is 18.9 Å².